The van der Waals surface area contributed by atoms with Crippen LogP contribution in [0.1, 0.15) is 32.6 Å². The van der Waals surface area contributed by atoms with E-state index < -0.39 is 33.1 Å². The van der Waals surface area contributed by atoms with Crippen LogP contribution in [0.2, 0.25) is 0 Å². The van der Waals surface area contributed by atoms with Gasteiger partial charge in [0.25, 0.3) is 5.91 Å². The molecule has 0 saturated carbocycles. The summed E-state index contributed by atoms with van der Waals surface area (Å²) < 4.78 is 55.7. The lowest BCUT2D eigenvalue weighted by Crippen LogP contribution is -2.51. The number of benzene rings is 2. The number of halogens is 2. The van der Waals surface area contributed by atoms with E-state index in [0.29, 0.717) is 16.0 Å². The Morgan fingerprint density at radius 3 is 1.86 bits per heavy atom. The highest BCUT2D eigenvalue weighted by Crippen LogP contribution is 2.29. The lowest BCUT2D eigenvalue weighted by molar-refractivity contribution is 0.0688. The van der Waals surface area contributed by atoms with Crippen LogP contribution in [0.25, 0.3) is 0 Å². The van der Waals surface area contributed by atoms with E-state index in [2.05, 4.69) is 0 Å². The molecule has 1 aliphatic rings. The van der Waals surface area contributed by atoms with Crippen LogP contribution in [0, 0.1) is 39.3 Å². The quantitative estimate of drug-likeness (QED) is 0.762. The molecule has 1 saturated heterocycles. The molecule has 3 rings (SSSR count). The Morgan fingerprint density at radius 2 is 1.38 bits per heavy atom. The third-order valence-electron chi connectivity index (χ3n) is 5.60. The van der Waals surface area contributed by atoms with Gasteiger partial charge in [-0.05, 0) is 62.1 Å². The van der Waals surface area contributed by atoms with Crippen molar-refractivity contribution in [3.63, 3.8) is 0 Å². The summed E-state index contributed by atoms with van der Waals surface area (Å²) in [5.74, 6) is -2.62. The highest BCUT2D eigenvalue weighted by atomic mass is 32.2. The first-order valence-electron chi connectivity index (χ1n) is 9.36. The first-order valence-corrected chi connectivity index (χ1v) is 10.8. The maximum atomic E-state index is 13.9. The molecule has 1 fully saturated rings. The first kappa shape index (κ1) is 21.4. The molecule has 8 heteroatoms. The molecule has 0 aliphatic carbocycles. The molecule has 5 nitrogen and oxygen atoms in total. The molecule has 0 N–H and O–H groups in total. The number of hydrogen-bond acceptors (Lipinski definition) is 3. The number of carbonyl (C=O) groups is 1. The zero-order valence-electron chi connectivity index (χ0n) is 16.9. The van der Waals surface area contributed by atoms with Gasteiger partial charge in [-0.25, -0.2) is 17.2 Å². The van der Waals surface area contributed by atoms with E-state index in [1.54, 1.807) is 13.8 Å². The van der Waals surface area contributed by atoms with Gasteiger partial charge in [-0.1, -0.05) is 12.1 Å². The fraction of sp³-hybridized carbons (Fsp3) is 0.381. The van der Waals surface area contributed by atoms with Crippen molar-refractivity contribution in [3.8, 4) is 0 Å². The molecule has 0 spiro atoms. The maximum Gasteiger partial charge on any atom is 0.259 e. The summed E-state index contributed by atoms with van der Waals surface area (Å²) >= 11 is 0. The van der Waals surface area contributed by atoms with Crippen molar-refractivity contribution < 1.29 is 22.0 Å². The van der Waals surface area contributed by atoms with Gasteiger partial charge >= 0.3 is 0 Å². The van der Waals surface area contributed by atoms with Gasteiger partial charge in [0.15, 0.2) is 0 Å². The number of rotatable bonds is 3. The van der Waals surface area contributed by atoms with Crippen LogP contribution in [0.4, 0.5) is 8.78 Å². The number of hydrogen-bond donors (Lipinski definition) is 0. The van der Waals surface area contributed by atoms with Crippen LogP contribution in [-0.2, 0) is 10.0 Å². The van der Waals surface area contributed by atoms with Gasteiger partial charge < -0.3 is 4.90 Å². The summed E-state index contributed by atoms with van der Waals surface area (Å²) in [6.07, 6.45) is 0. The molecule has 29 heavy (non-hydrogen) atoms. The molecule has 1 aliphatic heterocycles. The van der Waals surface area contributed by atoms with Crippen LogP contribution in [0.5, 0.6) is 0 Å². The summed E-state index contributed by atoms with van der Waals surface area (Å²) in [6, 6.07) is 5.22. The van der Waals surface area contributed by atoms with Gasteiger partial charge in [0, 0.05) is 26.2 Å². The number of carbonyl (C=O) groups excluding carboxylic acids is 1. The number of aryl methyl sites for hydroxylation is 2. The van der Waals surface area contributed by atoms with Crippen molar-refractivity contribution in [2.75, 3.05) is 26.2 Å². The zero-order valence-corrected chi connectivity index (χ0v) is 17.7. The molecule has 0 unspecified atom stereocenters. The highest BCUT2D eigenvalue weighted by Gasteiger charge is 2.34. The van der Waals surface area contributed by atoms with Crippen molar-refractivity contribution in [1.29, 1.82) is 0 Å². The van der Waals surface area contributed by atoms with Crippen LogP contribution in [0.15, 0.2) is 29.2 Å². The van der Waals surface area contributed by atoms with Gasteiger partial charge in [-0.3, -0.25) is 4.79 Å². The topological polar surface area (TPSA) is 57.7 Å². The molecule has 1 heterocycles. The van der Waals surface area contributed by atoms with Gasteiger partial charge in [0.2, 0.25) is 10.0 Å². The van der Waals surface area contributed by atoms with E-state index in [1.807, 2.05) is 19.9 Å². The SMILES string of the molecule is Cc1cc(C)c(C)c(S(=O)(=O)N2CCN(C(=O)c3c(F)cccc3F)CC2)c1C. The molecule has 2 aromatic carbocycles. The summed E-state index contributed by atoms with van der Waals surface area (Å²) in [5.41, 5.74) is 2.61. The largest absolute Gasteiger partial charge is 0.336 e. The second-order valence-corrected chi connectivity index (χ2v) is 9.26. The van der Waals surface area contributed by atoms with E-state index >= 15 is 0 Å². The van der Waals surface area contributed by atoms with Gasteiger partial charge in [-0.2, -0.15) is 4.31 Å². The van der Waals surface area contributed by atoms with E-state index in [4.69, 9.17) is 0 Å². The van der Waals surface area contributed by atoms with Crippen LogP contribution < -0.4 is 0 Å². The molecule has 0 bridgehead atoms. The third kappa shape index (κ3) is 3.79. The average molecular weight is 422 g/mol. The third-order valence-corrected chi connectivity index (χ3v) is 7.77. The van der Waals surface area contributed by atoms with Crippen molar-refractivity contribution >= 4 is 15.9 Å². The van der Waals surface area contributed by atoms with E-state index in [0.717, 1.165) is 23.3 Å². The van der Waals surface area contributed by atoms with Crippen molar-refractivity contribution in [1.82, 2.24) is 9.21 Å². The Bertz CT molecular complexity index is 1030. The smallest absolute Gasteiger partial charge is 0.259 e. The zero-order chi connectivity index (χ0) is 21.5. The van der Waals surface area contributed by atoms with Crippen molar-refractivity contribution in [2.24, 2.45) is 0 Å². The Morgan fingerprint density at radius 1 is 0.897 bits per heavy atom. The minimum atomic E-state index is -3.75. The van der Waals surface area contributed by atoms with Crippen molar-refractivity contribution in [3.05, 3.63) is 63.7 Å². The molecular formula is C21H24F2N2O3S. The lowest BCUT2D eigenvalue weighted by Gasteiger charge is -2.35. The van der Waals surface area contributed by atoms with E-state index in [1.165, 1.54) is 15.3 Å². The Labute approximate surface area is 170 Å². The summed E-state index contributed by atoms with van der Waals surface area (Å²) in [7, 11) is -3.75. The molecule has 156 valence electrons. The second kappa shape index (κ2) is 7.84. The monoisotopic (exact) mass is 422 g/mol. The summed E-state index contributed by atoms with van der Waals surface area (Å²) in [5, 5.41) is 0. The second-order valence-electron chi connectivity index (χ2n) is 7.38. The summed E-state index contributed by atoms with van der Waals surface area (Å²) in [6.45, 7) is 7.58. The molecule has 2 aromatic rings. The number of piperazine rings is 1. The number of nitrogens with zero attached hydrogens (tertiary/aromatic N) is 2. The van der Waals surface area contributed by atoms with E-state index in [9.17, 15) is 22.0 Å². The number of sulfonamides is 1. The predicted octanol–water partition coefficient (Wildman–Crippen LogP) is 3.35. The Balaban J connectivity index is 1.83. The molecule has 0 atom stereocenters. The van der Waals surface area contributed by atoms with Gasteiger partial charge in [-0.15, -0.1) is 0 Å². The minimum absolute atomic E-state index is 0.0642. The fourth-order valence-corrected chi connectivity index (χ4v) is 5.69. The summed E-state index contributed by atoms with van der Waals surface area (Å²) in [4.78, 5) is 14.1. The number of amides is 1. The van der Waals surface area contributed by atoms with Gasteiger partial charge in [0.05, 0.1) is 4.90 Å². The van der Waals surface area contributed by atoms with Gasteiger partial charge in [0.1, 0.15) is 17.2 Å². The molecular weight excluding hydrogens is 398 g/mol. The predicted molar refractivity (Wildman–Crippen MR) is 106 cm³/mol. The van der Waals surface area contributed by atoms with Crippen molar-refractivity contribution in [2.45, 2.75) is 32.6 Å². The average Bonchev–Trinajstić information content (AvgIpc) is 2.66. The van der Waals surface area contributed by atoms with Crippen LogP contribution >= 0.6 is 0 Å². The standard InChI is InChI=1S/C21H24F2N2O3S/c1-13-12-14(2)16(4)20(15(13)3)29(27,28)25-10-8-24(9-11-25)21(26)19-17(22)6-5-7-18(19)23/h5-7,12H,8-11H2,1-4H3. The maximum absolute atomic E-state index is 13.9. The molecule has 1 amide bonds. The van der Waals surface area contributed by atoms with Crippen LogP contribution in [0.3, 0.4) is 0 Å². The lowest BCUT2D eigenvalue weighted by atomic mass is 10.0. The highest BCUT2D eigenvalue weighted by molar-refractivity contribution is 7.89. The molecule has 0 radical (unpaired) electrons. The fourth-order valence-electron chi connectivity index (χ4n) is 3.69. The van der Waals surface area contributed by atoms with E-state index in [-0.39, 0.29) is 26.2 Å². The molecule has 0 aromatic heterocycles. The Hall–Kier alpha value is -2.32. The first-order chi connectivity index (χ1) is 13.6. The van der Waals surface area contributed by atoms with Crippen LogP contribution in [-0.4, -0.2) is 49.7 Å². The Kier molecular flexibility index (Phi) is 5.78. The normalized spacial score (nSPS) is 15.6. The minimum Gasteiger partial charge on any atom is -0.336 e.